The lowest BCUT2D eigenvalue weighted by molar-refractivity contribution is -0.118. The topological polar surface area (TPSA) is 71.1 Å². The predicted octanol–water partition coefficient (Wildman–Crippen LogP) is 5.49. The number of hydrogen-bond donors (Lipinski definition) is 2. The minimum atomic E-state index is -0.844. The lowest BCUT2D eigenvalue weighted by Gasteiger charge is -2.19. The number of nitrogens with zero attached hydrogens (tertiary/aromatic N) is 1. The molecule has 0 saturated heterocycles. The van der Waals surface area contributed by atoms with Gasteiger partial charge in [0.25, 0.3) is 5.91 Å². The molecule has 0 saturated carbocycles. The summed E-state index contributed by atoms with van der Waals surface area (Å²) >= 11 is 1.71. The predicted molar refractivity (Wildman–Crippen MR) is 137 cm³/mol. The molecule has 2 N–H and O–H groups in total. The minimum absolute atomic E-state index is 0.262. The highest BCUT2D eigenvalue weighted by Gasteiger charge is 2.22. The first-order chi connectivity index (χ1) is 17.1. The van der Waals surface area contributed by atoms with Crippen LogP contribution in [-0.2, 0) is 17.0 Å². The summed E-state index contributed by atoms with van der Waals surface area (Å²) in [6.07, 6.45) is 3.56. The molecule has 0 aliphatic carbocycles. The Bertz CT molecular complexity index is 1250. The van der Waals surface area contributed by atoms with E-state index in [0.29, 0.717) is 5.69 Å². The Kier molecular flexibility index (Phi) is 8.25. The average Bonchev–Trinajstić information content (AvgIpc) is 2.89. The molecule has 0 aliphatic heterocycles. The summed E-state index contributed by atoms with van der Waals surface area (Å²) in [5.74, 6) is -0.387. The van der Waals surface area contributed by atoms with Gasteiger partial charge in [0, 0.05) is 40.7 Å². The van der Waals surface area contributed by atoms with E-state index >= 15 is 0 Å². The summed E-state index contributed by atoms with van der Waals surface area (Å²) in [5.41, 5.74) is 2.95. The molecule has 0 fully saturated rings. The maximum absolute atomic E-state index is 13.2. The van der Waals surface area contributed by atoms with Gasteiger partial charge in [0.05, 0.1) is 0 Å². The summed E-state index contributed by atoms with van der Waals surface area (Å²) in [6.45, 7) is 0. The van der Waals surface area contributed by atoms with Gasteiger partial charge in [-0.3, -0.25) is 14.6 Å². The van der Waals surface area contributed by atoms with E-state index in [4.69, 9.17) is 0 Å². The monoisotopic (exact) mass is 485 g/mol. The van der Waals surface area contributed by atoms with Crippen LogP contribution in [0.25, 0.3) is 0 Å². The van der Waals surface area contributed by atoms with Crippen LogP contribution in [0.1, 0.15) is 21.5 Å². The van der Waals surface area contributed by atoms with E-state index in [0.717, 1.165) is 16.2 Å². The van der Waals surface area contributed by atoms with Crippen molar-refractivity contribution in [1.29, 1.82) is 0 Å². The highest BCUT2D eigenvalue weighted by Crippen LogP contribution is 2.24. The lowest BCUT2D eigenvalue weighted by atomic mass is 10.1. The van der Waals surface area contributed by atoms with Crippen LogP contribution >= 0.6 is 11.8 Å². The molecule has 0 aliphatic rings. The maximum Gasteiger partial charge on any atom is 0.251 e. The molecule has 4 aromatic rings. The molecule has 1 heterocycles. The summed E-state index contributed by atoms with van der Waals surface area (Å²) in [4.78, 5) is 31.0. The molecule has 176 valence electrons. The van der Waals surface area contributed by atoms with Gasteiger partial charge in [-0.15, -0.1) is 11.8 Å². The van der Waals surface area contributed by atoms with Gasteiger partial charge in [-0.2, -0.15) is 0 Å². The molecule has 1 atom stereocenters. The third-order valence-electron chi connectivity index (χ3n) is 5.26. The summed E-state index contributed by atoms with van der Waals surface area (Å²) in [5, 5.41) is 5.65. The Balaban J connectivity index is 1.42. The fourth-order valence-electron chi connectivity index (χ4n) is 3.41. The molecule has 1 aromatic heterocycles. The third-order valence-corrected chi connectivity index (χ3v) is 6.34. The summed E-state index contributed by atoms with van der Waals surface area (Å²) in [6, 6.07) is 25.8. The van der Waals surface area contributed by atoms with E-state index in [1.165, 1.54) is 29.8 Å². The van der Waals surface area contributed by atoms with Crippen molar-refractivity contribution in [3.05, 3.63) is 126 Å². The van der Waals surface area contributed by atoms with E-state index in [1.807, 2.05) is 48.5 Å². The second-order valence-corrected chi connectivity index (χ2v) is 8.93. The number of carbonyl (C=O) groups is 2. The van der Waals surface area contributed by atoms with Crippen LogP contribution < -0.4 is 10.6 Å². The molecule has 7 heteroatoms. The van der Waals surface area contributed by atoms with Crippen molar-refractivity contribution in [2.45, 2.75) is 23.1 Å². The molecule has 5 nitrogen and oxygen atoms in total. The van der Waals surface area contributed by atoms with Crippen LogP contribution in [0, 0.1) is 5.82 Å². The van der Waals surface area contributed by atoms with Crippen LogP contribution in [-0.4, -0.2) is 22.8 Å². The Morgan fingerprint density at radius 3 is 2.26 bits per heavy atom. The number of benzene rings is 3. The van der Waals surface area contributed by atoms with Gasteiger partial charge < -0.3 is 10.6 Å². The van der Waals surface area contributed by atoms with E-state index in [9.17, 15) is 14.0 Å². The Morgan fingerprint density at radius 1 is 0.857 bits per heavy atom. The largest absolute Gasteiger partial charge is 0.340 e. The molecule has 4 rings (SSSR count). The van der Waals surface area contributed by atoms with Crippen LogP contribution in [0.2, 0.25) is 0 Å². The molecule has 3 aromatic carbocycles. The van der Waals surface area contributed by atoms with Crippen molar-refractivity contribution in [3.8, 4) is 0 Å². The standard InChI is InChI=1S/C28H24FN3O2S/c29-23-10-8-22(9-11-23)27(33)32-26(17-21-7-4-16-30-18-21)28(34)31-24-12-14-25(15-13-24)35-19-20-5-2-1-3-6-20/h1-16,18,26H,17,19H2,(H,31,34)(H,32,33)/t26-/m0/s1. The van der Waals surface area contributed by atoms with Crippen LogP contribution in [0.3, 0.4) is 0 Å². The Hall–Kier alpha value is -3.97. The smallest absolute Gasteiger partial charge is 0.251 e. The number of anilines is 1. The zero-order valence-corrected chi connectivity index (χ0v) is 19.7. The number of nitrogens with one attached hydrogen (secondary N) is 2. The van der Waals surface area contributed by atoms with E-state index < -0.39 is 17.8 Å². The van der Waals surface area contributed by atoms with Crippen molar-refractivity contribution in [3.63, 3.8) is 0 Å². The fourth-order valence-corrected chi connectivity index (χ4v) is 4.27. The SMILES string of the molecule is O=C(N[C@@H](Cc1cccnc1)C(=O)Nc1ccc(SCc2ccccc2)cc1)c1ccc(F)cc1. The zero-order chi connectivity index (χ0) is 24.5. The number of rotatable bonds is 9. The van der Waals surface area contributed by atoms with Gasteiger partial charge >= 0.3 is 0 Å². The first kappa shape index (κ1) is 24.2. The summed E-state index contributed by atoms with van der Waals surface area (Å²) < 4.78 is 13.2. The van der Waals surface area contributed by atoms with Crippen molar-refractivity contribution in [2.24, 2.45) is 0 Å². The van der Waals surface area contributed by atoms with Gasteiger partial charge in [-0.05, 0) is 65.7 Å². The number of amides is 2. The Labute approximate surface area is 207 Å². The number of carbonyl (C=O) groups excluding carboxylic acids is 2. The molecule has 35 heavy (non-hydrogen) atoms. The lowest BCUT2D eigenvalue weighted by Crippen LogP contribution is -2.45. The van der Waals surface area contributed by atoms with E-state index in [2.05, 4.69) is 27.8 Å². The van der Waals surface area contributed by atoms with Gasteiger partial charge in [0.15, 0.2) is 0 Å². The van der Waals surface area contributed by atoms with Crippen molar-refractivity contribution < 1.29 is 14.0 Å². The van der Waals surface area contributed by atoms with E-state index in [1.54, 1.807) is 30.2 Å². The third kappa shape index (κ3) is 7.25. The quantitative estimate of drug-likeness (QED) is 0.308. The molecule has 0 bridgehead atoms. The maximum atomic E-state index is 13.2. The molecular weight excluding hydrogens is 461 g/mol. The number of thioether (sulfide) groups is 1. The Morgan fingerprint density at radius 2 is 1.57 bits per heavy atom. The normalized spacial score (nSPS) is 11.5. The fraction of sp³-hybridized carbons (Fsp3) is 0.107. The molecule has 0 spiro atoms. The molecular formula is C28H24FN3O2S. The number of aromatic nitrogens is 1. The molecule has 2 amide bonds. The number of hydrogen-bond acceptors (Lipinski definition) is 4. The van der Waals surface area contributed by atoms with Crippen molar-refractivity contribution in [2.75, 3.05) is 5.32 Å². The second-order valence-electron chi connectivity index (χ2n) is 7.89. The van der Waals surface area contributed by atoms with Crippen LogP contribution in [0.15, 0.2) is 108 Å². The molecule has 0 unspecified atom stereocenters. The van der Waals surface area contributed by atoms with Gasteiger partial charge in [-0.25, -0.2) is 4.39 Å². The van der Waals surface area contributed by atoms with Crippen molar-refractivity contribution >= 4 is 29.3 Å². The minimum Gasteiger partial charge on any atom is -0.340 e. The van der Waals surface area contributed by atoms with Crippen LogP contribution in [0.4, 0.5) is 10.1 Å². The van der Waals surface area contributed by atoms with Gasteiger partial charge in [-0.1, -0.05) is 36.4 Å². The first-order valence-electron chi connectivity index (χ1n) is 11.1. The highest BCUT2D eigenvalue weighted by atomic mass is 32.2. The number of halogens is 1. The number of pyridine rings is 1. The zero-order valence-electron chi connectivity index (χ0n) is 18.9. The highest BCUT2D eigenvalue weighted by molar-refractivity contribution is 7.98. The average molecular weight is 486 g/mol. The molecule has 0 radical (unpaired) electrons. The second kappa shape index (κ2) is 11.9. The van der Waals surface area contributed by atoms with Gasteiger partial charge in [0.2, 0.25) is 5.91 Å². The first-order valence-corrected chi connectivity index (χ1v) is 12.1. The van der Waals surface area contributed by atoms with Gasteiger partial charge in [0.1, 0.15) is 11.9 Å². The van der Waals surface area contributed by atoms with Crippen molar-refractivity contribution in [1.82, 2.24) is 10.3 Å². The summed E-state index contributed by atoms with van der Waals surface area (Å²) in [7, 11) is 0. The van der Waals surface area contributed by atoms with E-state index in [-0.39, 0.29) is 17.9 Å². The van der Waals surface area contributed by atoms with Crippen LogP contribution in [0.5, 0.6) is 0 Å².